The second-order valence-electron chi connectivity index (χ2n) is 9.38. The van der Waals surface area contributed by atoms with Gasteiger partial charge in [-0.3, -0.25) is 0 Å². The topological polar surface area (TPSA) is 105 Å². The zero-order valence-electron chi connectivity index (χ0n) is 17.7. The molecule has 1 heterocycles. The number of carbonyl (C=O) groups is 1. The Morgan fingerprint density at radius 2 is 1.57 bits per heavy atom. The molecule has 0 spiro atoms. The van der Waals surface area contributed by atoms with Crippen LogP contribution in [0.4, 0.5) is 0 Å². The Balaban J connectivity index is 2.53. The predicted octanol–water partition coefficient (Wildman–Crippen LogP) is 2.03. The average Bonchev–Trinajstić information content (AvgIpc) is 2.56. The number of hydrogen-bond acceptors (Lipinski definition) is 7. The van der Waals surface area contributed by atoms with Gasteiger partial charge in [0.2, 0.25) is 0 Å². The molecule has 1 saturated heterocycles. The van der Waals surface area contributed by atoms with Crippen LogP contribution in [0.15, 0.2) is 12.1 Å². The summed E-state index contributed by atoms with van der Waals surface area (Å²) in [5.74, 6) is -2.38. The molecule has 0 radical (unpaired) electrons. The zero-order valence-corrected chi connectivity index (χ0v) is 17.7. The molecular formula is C21H32O7. The van der Waals surface area contributed by atoms with Gasteiger partial charge >= 0.3 is 5.97 Å². The molecule has 0 aliphatic carbocycles. The molecule has 1 aliphatic heterocycles. The highest BCUT2D eigenvalue weighted by Crippen LogP contribution is 2.43. The predicted molar refractivity (Wildman–Crippen MR) is 104 cm³/mol. The van der Waals surface area contributed by atoms with Gasteiger partial charge in [0.05, 0.1) is 19.8 Å². The largest absolute Gasteiger partial charge is 0.497 e. The van der Waals surface area contributed by atoms with Crippen LogP contribution < -0.4 is 9.47 Å². The van der Waals surface area contributed by atoms with Crippen LogP contribution in [0.25, 0.3) is 0 Å². The molecule has 1 aromatic carbocycles. The summed E-state index contributed by atoms with van der Waals surface area (Å²) in [7, 11) is 1.57. The van der Waals surface area contributed by atoms with Gasteiger partial charge in [-0.2, -0.15) is 0 Å². The maximum Gasteiger partial charge on any atom is 0.372 e. The van der Waals surface area contributed by atoms with E-state index in [0.29, 0.717) is 11.5 Å². The molecule has 1 aromatic rings. The van der Waals surface area contributed by atoms with E-state index in [-0.39, 0.29) is 17.4 Å². The van der Waals surface area contributed by atoms with E-state index in [1.807, 2.05) is 53.7 Å². The van der Waals surface area contributed by atoms with Crippen LogP contribution >= 0.6 is 0 Å². The molecule has 3 atom stereocenters. The quantitative estimate of drug-likeness (QED) is 0.530. The van der Waals surface area contributed by atoms with Gasteiger partial charge in [0.15, 0.2) is 0 Å². The fourth-order valence-electron chi connectivity index (χ4n) is 3.07. The van der Waals surface area contributed by atoms with E-state index in [1.165, 1.54) is 0 Å². The summed E-state index contributed by atoms with van der Waals surface area (Å²) in [5.41, 5.74) is 0.724. The first-order valence-corrected chi connectivity index (χ1v) is 9.37. The lowest BCUT2D eigenvalue weighted by Crippen LogP contribution is -2.55. The van der Waals surface area contributed by atoms with Crippen molar-refractivity contribution >= 4 is 5.97 Å². The van der Waals surface area contributed by atoms with Gasteiger partial charge in [-0.1, -0.05) is 41.5 Å². The molecule has 28 heavy (non-hydrogen) atoms. The van der Waals surface area contributed by atoms with Crippen molar-refractivity contribution in [3.63, 3.8) is 0 Å². The van der Waals surface area contributed by atoms with Gasteiger partial charge in [-0.25, -0.2) is 4.79 Å². The molecule has 7 nitrogen and oxygen atoms in total. The van der Waals surface area contributed by atoms with Crippen molar-refractivity contribution in [2.45, 2.75) is 76.8 Å². The Bertz CT molecular complexity index is 694. The SMILES string of the molecule is COc1cc(C(C)(C)C)c(OC(=O)C2(O)C[C@H](O)[C@H](O)CO2)c(C(C)(C)C)c1. The van der Waals surface area contributed by atoms with Crippen molar-refractivity contribution in [3.8, 4) is 11.5 Å². The molecule has 2 rings (SSSR count). The van der Waals surface area contributed by atoms with E-state index in [9.17, 15) is 20.1 Å². The first kappa shape index (κ1) is 22.6. The smallest absolute Gasteiger partial charge is 0.372 e. The average molecular weight is 396 g/mol. The zero-order chi connectivity index (χ0) is 21.5. The Kier molecular flexibility index (Phi) is 6.16. The third-order valence-corrected chi connectivity index (χ3v) is 4.85. The highest BCUT2D eigenvalue weighted by molar-refractivity contribution is 5.81. The minimum Gasteiger partial charge on any atom is -0.497 e. The highest BCUT2D eigenvalue weighted by atomic mass is 16.7. The normalized spacial score (nSPS) is 26.1. The van der Waals surface area contributed by atoms with Gasteiger partial charge in [0.1, 0.15) is 17.6 Å². The molecule has 0 amide bonds. The highest BCUT2D eigenvalue weighted by Gasteiger charge is 2.48. The minimum absolute atomic E-state index is 0.337. The van der Waals surface area contributed by atoms with Crippen LogP contribution in [-0.4, -0.2) is 53.0 Å². The Labute approximate surface area is 166 Å². The summed E-state index contributed by atoms with van der Waals surface area (Å²) in [6.45, 7) is 11.5. The van der Waals surface area contributed by atoms with Crippen molar-refractivity contribution in [3.05, 3.63) is 23.3 Å². The maximum atomic E-state index is 12.8. The van der Waals surface area contributed by atoms with E-state index < -0.39 is 30.4 Å². The van der Waals surface area contributed by atoms with E-state index in [4.69, 9.17) is 14.2 Å². The molecule has 0 bridgehead atoms. The van der Waals surface area contributed by atoms with Gasteiger partial charge in [0, 0.05) is 17.5 Å². The third kappa shape index (κ3) is 4.66. The monoisotopic (exact) mass is 396 g/mol. The fourth-order valence-corrected chi connectivity index (χ4v) is 3.07. The summed E-state index contributed by atoms with van der Waals surface area (Å²) in [5, 5.41) is 30.0. The number of aliphatic hydroxyl groups excluding tert-OH is 2. The number of ether oxygens (including phenoxy) is 3. The first-order valence-electron chi connectivity index (χ1n) is 9.37. The molecule has 158 valence electrons. The van der Waals surface area contributed by atoms with Gasteiger partial charge in [-0.05, 0) is 23.0 Å². The molecule has 1 fully saturated rings. The third-order valence-electron chi connectivity index (χ3n) is 4.85. The molecule has 1 unspecified atom stereocenters. The molecular weight excluding hydrogens is 364 g/mol. The minimum atomic E-state index is -2.33. The number of carbonyl (C=O) groups excluding carboxylic acids is 1. The number of benzene rings is 1. The molecule has 0 aromatic heterocycles. The van der Waals surface area contributed by atoms with E-state index in [2.05, 4.69) is 0 Å². The van der Waals surface area contributed by atoms with E-state index in [1.54, 1.807) is 7.11 Å². The second-order valence-corrected chi connectivity index (χ2v) is 9.38. The number of esters is 1. The number of aliphatic hydroxyl groups is 3. The second kappa shape index (κ2) is 7.63. The first-order chi connectivity index (χ1) is 12.7. The molecule has 0 saturated carbocycles. The molecule has 1 aliphatic rings. The summed E-state index contributed by atoms with van der Waals surface area (Å²) in [4.78, 5) is 12.8. The maximum absolute atomic E-state index is 12.8. The summed E-state index contributed by atoms with van der Waals surface area (Å²) in [6, 6.07) is 3.62. The Morgan fingerprint density at radius 1 is 1.07 bits per heavy atom. The Hall–Kier alpha value is -1.67. The van der Waals surface area contributed by atoms with Crippen LogP contribution in [0.2, 0.25) is 0 Å². The summed E-state index contributed by atoms with van der Waals surface area (Å²) >= 11 is 0. The van der Waals surface area contributed by atoms with Crippen molar-refractivity contribution in [2.24, 2.45) is 0 Å². The summed E-state index contributed by atoms with van der Waals surface area (Å²) < 4.78 is 16.2. The molecule has 7 heteroatoms. The van der Waals surface area contributed by atoms with Crippen LogP contribution in [0.3, 0.4) is 0 Å². The van der Waals surface area contributed by atoms with Crippen LogP contribution in [0.5, 0.6) is 11.5 Å². The van der Waals surface area contributed by atoms with Crippen LogP contribution in [-0.2, 0) is 20.4 Å². The van der Waals surface area contributed by atoms with E-state index in [0.717, 1.165) is 11.1 Å². The standard InChI is InChI=1S/C21H32O7/c1-19(2,3)13-8-12(26-7)9-14(20(4,5)6)17(13)28-18(24)21(25)10-15(22)16(23)11-27-21/h8-9,15-16,22-23,25H,10-11H2,1-7H3/t15-,16+,21?/m0/s1. The lowest BCUT2D eigenvalue weighted by atomic mass is 9.79. The number of rotatable bonds is 3. The lowest BCUT2D eigenvalue weighted by molar-refractivity contribution is -0.266. The summed E-state index contributed by atoms with van der Waals surface area (Å²) in [6.07, 6.45) is -2.92. The van der Waals surface area contributed by atoms with E-state index >= 15 is 0 Å². The van der Waals surface area contributed by atoms with Crippen LogP contribution in [0, 0.1) is 0 Å². The van der Waals surface area contributed by atoms with Crippen molar-refractivity contribution < 1.29 is 34.3 Å². The Morgan fingerprint density at radius 3 is 1.96 bits per heavy atom. The number of methoxy groups -OCH3 is 1. The van der Waals surface area contributed by atoms with Crippen molar-refractivity contribution in [2.75, 3.05) is 13.7 Å². The van der Waals surface area contributed by atoms with Crippen LogP contribution in [0.1, 0.15) is 59.1 Å². The number of hydrogen-bond donors (Lipinski definition) is 3. The lowest BCUT2D eigenvalue weighted by Gasteiger charge is -2.36. The van der Waals surface area contributed by atoms with Gasteiger partial charge in [0.25, 0.3) is 5.79 Å². The van der Waals surface area contributed by atoms with Gasteiger partial charge in [-0.15, -0.1) is 0 Å². The van der Waals surface area contributed by atoms with Crippen molar-refractivity contribution in [1.82, 2.24) is 0 Å². The molecule has 3 N–H and O–H groups in total. The fraction of sp³-hybridized carbons (Fsp3) is 0.667. The van der Waals surface area contributed by atoms with Gasteiger partial charge < -0.3 is 29.5 Å². The van der Waals surface area contributed by atoms with Crippen molar-refractivity contribution in [1.29, 1.82) is 0 Å².